The highest BCUT2D eigenvalue weighted by Gasteiger charge is 2.30. The number of halogens is 3. The molecule has 0 aliphatic carbocycles. The number of amides is 2. The van der Waals surface area contributed by atoms with Crippen LogP contribution in [0, 0.1) is 6.92 Å². The van der Waals surface area contributed by atoms with Gasteiger partial charge in [0.1, 0.15) is 11.8 Å². The zero-order chi connectivity index (χ0) is 23.8. The van der Waals surface area contributed by atoms with Crippen LogP contribution in [-0.2, 0) is 16.1 Å². The van der Waals surface area contributed by atoms with E-state index >= 15 is 0 Å². The molecule has 2 aromatic carbocycles. The topological polar surface area (TPSA) is 58.6 Å². The van der Waals surface area contributed by atoms with Crippen LogP contribution < -0.4 is 10.1 Å². The summed E-state index contributed by atoms with van der Waals surface area (Å²) in [4.78, 5) is 27.7. The summed E-state index contributed by atoms with van der Waals surface area (Å²) in [7, 11) is 0. The van der Waals surface area contributed by atoms with Crippen LogP contribution >= 0.6 is 34.8 Å². The third-order valence-electron chi connectivity index (χ3n) is 5.23. The van der Waals surface area contributed by atoms with Crippen molar-refractivity contribution in [2.75, 3.05) is 6.61 Å². The van der Waals surface area contributed by atoms with Crippen molar-refractivity contribution in [1.29, 1.82) is 0 Å². The van der Waals surface area contributed by atoms with E-state index in [1.54, 1.807) is 36.4 Å². The molecule has 0 aliphatic heterocycles. The Morgan fingerprint density at radius 1 is 1.03 bits per heavy atom. The molecule has 0 bridgehead atoms. The zero-order valence-electron chi connectivity index (χ0n) is 18.8. The molecule has 8 heteroatoms. The van der Waals surface area contributed by atoms with Gasteiger partial charge in [-0.1, -0.05) is 54.7 Å². The maximum atomic E-state index is 13.2. The maximum absolute atomic E-state index is 13.2. The monoisotopic (exact) mass is 498 g/mol. The van der Waals surface area contributed by atoms with Gasteiger partial charge in [0.2, 0.25) is 5.91 Å². The van der Waals surface area contributed by atoms with E-state index in [4.69, 9.17) is 39.5 Å². The van der Waals surface area contributed by atoms with Crippen LogP contribution in [0.2, 0.25) is 15.1 Å². The summed E-state index contributed by atoms with van der Waals surface area (Å²) in [6.07, 6.45) is 1.23. The van der Waals surface area contributed by atoms with Gasteiger partial charge < -0.3 is 15.0 Å². The molecule has 2 unspecified atom stereocenters. The number of benzene rings is 2. The van der Waals surface area contributed by atoms with Gasteiger partial charge in [-0.15, -0.1) is 0 Å². The molecular formula is C24H29Cl3N2O3. The summed E-state index contributed by atoms with van der Waals surface area (Å²) in [5.41, 5.74) is 1.54. The van der Waals surface area contributed by atoms with Gasteiger partial charge in [0.05, 0.1) is 0 Å². The Hall–Kier alpha value is -1.95. The van der Waals surface area contributed by atoms with E-state index in [0.29, 0.717) is 32.8 Å². The van der Waals surface area contributed by atoms with Crippen LogP contribution in [0.5, 0.6) is 5.75 Å². The molecule has 1 N–H and O–H groups in total. The lowest BCUT2D eigenvalue weighted by Crippen LogP contribution is -2.51. The lowest BCUT2D eigenvalue weighted by atomic mass is 10.1. The number of aryl methyl sites for hydroxylation is 1. The highest BCUT2D eigenvalue weighted by atomic mass is 35.5. The summed E-state index contributed by atoms with van der Waals surface area (Å²) < 4.78 is 5.71. The van der Waals surface area contributed by atoms with Crippen molar-refractivity contribution in [3.63, 3.8) is 0 Å². The second-order valence-electron chi connectivity index (χ2n) is 7.70. The molecule has 0 saturated carbocycles. The third kappa shape index (κ3) is 7.29. The number of nitrogens with one attached hydrogen (secondary N) is 1. The van der Waals surface area contributed by atoms with Crippen molar-refractivity contribution in [3.8, 4) is 5.75 Å². The lowest BCUT2D eigenvalue weighted by molar-refractivity contribution is -0.143. The predicted octanol–water partition coefficient (Wildman–Crippen LogP) is 6.06. The first kappa shape index (κ1) is 26.3. The Morgan fingerprint density at radius 3 is 2.34 bits per heavy atom. The average Bonchev–Trinajstić information content (AvgIpc) is 2.75. The summed E-state index contributed by atoms with van der Waals surface area (Å²) in [5.74, 6) is -0.000717. The van der Waals surface area contributed by atoms with Crippen molar-refractivity contribution in [2.45, 2.75) is 59.2 Å². The molecule has 2 atom stereocenters. The largest absolute Gasteiger partial charge is 0.484 e. The molecule has 0 aromatic heterocycles. The fourth-order valence-electron chi connectivity index (χ4n) is 3.13. The second-order valence-corrected chi connectivity index (χ2v) is 8.95. The summed E-state index contributed by atoms with van der Waals surface area (Å²) in [6.45, 7) is 7.58. The summed E-state index contributed by atoms with van der Waals surface area (Å²) >= 11 is 18.4. The minimum atomic E-state index is -0.668. The molecule has 0 aliphatic rings. The highest BCUT2D eigenvalue weighted by Crippen LogP contribution is 2.25. The van der Waals surface area contributed by atoms with Gasteiger partial charge in [0, 0.05) is 27.7 Å². The second kappa shape index (κ2) is 12.3. The molecule has 2 aromatic rings. The molecule has 0 radical (unpaired) electrons. The minimum absolute atomic E-state index is 0.000847. The van der Waals surface area contributed by atoms with Gasteiger partial charge in [0.15, 0.2) is 6.61 Å². The number of hydrogen-bond acceptors (Lipinski definition) is 3. The zero-order valence-corrected chi connectivity index (χ0v) is 21.0. The summed E-state index contributed by atoms with van der Waals surface area (Å²) in [5, 5.41) is 4.52. The number of rotatable bonds is 10. The van der Waals surface area contributed by atoms with Gasteiger partial charge >= 0.3 is 0 Å². The average molecular weight is 500 g/mol. The van der Waals surface area contributed by atoms with Crippen LogP contribution in [0.1, 0.15) is 44.7 Å². The Morgan fingerprint density at radius 2 is 1.75 bits per heavy atom. The van der Waals surface area contributed by atoms with Gasteiger partial charge in [-0.2, -0.15) is 0 Å². The van der Waals surface area contributed by atoms with E-state index < -0.39 is 6.04 Å². The molecule has 174 valence electrons. The van der Waals surface area contributed by atoms with Crippen LogP contribution in [0.25, 0.3) is 0 Å². The number of carbonyl (C=O) groups excluding carboxylic acids is 2. The fourth-order valence-corrected chi connectivity index (χ4v) is 3.71. The Labute approximate surface area is 205 Å². The molecule has 0 heterocycles. The van der Waals surface area contributed by atoms with E-state index in [1.807, 2.05) is 27.7 Å². The molecule has 32 heavy (non-hydrogen) atoms. The molecule has 5 nitrogen and oxygen atoms in total. The highest BCUT2D eigenvalue weighted by molar-refractivity contribution is 6.35. The van der Waals surface area contributed by atoms with Crippen molar-refractivity contribution >= 4 is 46.6 Å². The summed E-state index contributed by atoms with van der Waals surface area (Å²) in [6, 6.07) is 9.61. The molecule has 0 spiro atoms. The van der Waals surface area contributed by atoms with Gasteiger partial charge in [0.25, 0.3) is 5.91 Å². The Kier molecular flexibility index (Phi) is 10.1. The van der Waals surface area contributed by atoms with E-state index in [-0.39, 0.29) is 31.0 Å². The van der Waals surface area contributed by atoms with Crippen LogP contribution in [0.3, 0.4) is 0 Å². The quantitative estimate of drug-likeness (QED) is 0.432. The number of hydrogen-bond donors (Lipinski definition) is 1. The first-order valence-electron chi connectivity index (χ1n) is 10.6. The molecule has 2 rings (SSSR count). The standard InChI is InChI=1S/C24H29Cl3N2O3/c1-5-16(4)28-24(31)22(6-2)29(13-17-7-8-18(25)12-21(17)27)23(30)14-32-19-9-10-20(26)15(3)11-19/h7-12,16,22H,5-6,13-14H2,1-4H3,(H,28,31). The lowest BCUT2D eigenvalue weighted by Gasteiger charge is -2.31. The van der Waals surface area contributed by atoms with E-state index in [9.17, 15) is 9.59 Å². The first-order chi connectivity index (χ1) is 15.2. The van der Waals surface area contributed by atoms with Crippen molar-refractivity contribution < 1.29 is 14.3 Å². The van der Waals surface area contributed by atoms with Gasteiger partial charge in [-0.3, -0.25) is 9.59 Å². The number of ether oxygens (including phenoxy) is 1. The van der Waals surface area contributed by atoms with Gasteiger partial charge in [-0.25, -0.2) is 0 Å². The minimum Gasteiger partial charge on any atom is -0.484 e. The normalized spacial score (nSPS) is 12.7. The van der Waals surface area contributed by atoms with Crippen LogP contribution in [-0.4, -0.2) is 35.4 Å². The smallest absolute Gasteiger partial charge is 0.261 e. The van der Waals surface area contributed by atoms with Crippen molar-refractivity contribution in [2.24, 2.45) is 0 Å². The maximum Gasteiger partial charge on any atom is 0.261 e. The predicted molar refractivity (Wildman–Crippen MR) is 131 cm³/mol. The molecule has 0 fully saturated rings. The van der Waals surface area contributed by atoms with Gasteiger partial charge in [-0.05, 0) is 68.1 Å². The SMILES string of the molecule is CCC(C)NC(=O)C(CC)N(Cc1ccc(Cl)cc1Cl)C(=O)COc1ccc(Cl)c(C)c1. The Bertz CT molecular complexity index is 952. The van der Waals surface area contributed by atoms with E-state index in [0.717, 1.165) is 12.0 Å². The molecule has 2 amide bonds. The van der Waals surface area contributed by atoms with Crippen LogP contribution in [0.4, 0.5) is 0 Å². The molecule has 0 saturated heterocycles. The first-order valence-corrected chi connectivity index (χ1v) is 11.7. The van der Waals surface area contributed by atoms with Crippen molar-refractivity contribution in [3.05, 3.63) is 62.6 Å². The Balaban J connectivity index is 2.26. The third-order valence-corrected chi connectivity index (χ3v) is 6.25. The number of nitrogens with zero attached hydrogens (tertiary/aromatic N) is 1. The fraction of sp³-hybridized carbons (Fsp3) is 0.417. The van der Waals surface area contributed by atoms with E-state index in [2.05, 4.69) is 5.32 Å². The number of carbonyl (C=O) groups is 2. The van der Waals surface area contributed by atoms with Crippen LogP contribution in [0.15, 0.2) is 36.4 Å². The van der Waals surface area contributed by atoms with E-state index in [1.165, 1.54) is 4.90 Å². The molecular weight excluding hydrogens is 471 g/mol. The van der Waals surface area contributed by atoms with Crippen molar-refractivity contribution in [1.82, 2.24) is 10.2 Å².